The first-order valence-electron chi connectivity index (χ1n) is 8.53. The molecule has 1 N–H and O–H groups in total. The molecule has 198 valence electrons. The zero-order valence-corrected chi connectivity index (χ0v) is 40.8. The summed E-state index contributed by atoms with van der Waals surface area (Å²) in [6.07, 6.45) is -15.7. The van der Waals surface area contributed by atoms with Crippen molar-refractivity contribution in [3.63, 3.8) is 0 Å². The number of aliphatic hydroxyl groups is 1. The van der Waals surface area contributed by atoms with Gasteiger partial charge in [0.05, 0.1) is 29.8 Å². The molecule has 0 aromatic carbocycles. The van der Waals surface area contributed by atoms with Crippen molar-refractivity contribution in [2.45, 2.75) is 49.8 Å². The number of rotatable bonds is 16. The molecule has 0 aromatic rings. The summed E-state index contributed by atoms with van der Waals surface area (Å²) >= 11 is 0. The molecule has 19 nitrogen and oxygen atoms in total. The zero-order chi connectivity index (χ0) is 28.0. The normalized spacial score (nSPS) is 11.8. The van der Waals surface area contributed by atoms with Gasteiger partial charge in [-0.25, -0.2) is 0 Å². The Morgan fingerprint density at radius 3 is 0.814 bits per heavy atom. The van der Waals surface area contributed by atoms with Crippen molar-refractivity contribution in [1.29, 1.82) is 0 Å². The van der Waals surface area contributed by atoms with E-state index in [4.69, 9.17) is 5.11 Å². The summed E-state index contributed by atoms with van der Waals surface area (Å²) in [7, 11) is 0. The van der Waals surface area contributed by atoms with Gasteiger partial charge in [0, 0.05) is 37.2 Å². The van der Waals surface area contributed by atoms with Crippen LogP contribution in [0.15, 0.2) is 0 Å². The first-order chi connectivity index (χ1) is 15.9. The average Bonchev–Trinajstić information content (AvgIpc) is 2.68. The van der Waals surface area contributed by atoms with Crippen LogP contribution in [-0.4, -0.2) is 83.4 Å². The Morgan fingerprint density at radius 1 is 0.419 bits per heavy atom. The molecule has 0 bridgehead atoms. The predicted octanol–water partition coefficient (Wildman–Crippen LogP) is -38.0. The van der Waals surface area contributed by atoms with Gasteiger partial charge >= 0.3 is 236 Å². The van der Waals surface area contributed by atoms with Crippen LogP contribution in [-0.2, 0) is 47.8 Å². The van der Waals surface area contributed by atoms with Crippen LogP contribution < -0.4 is 277 Å². The molecule has 0 radical (unpaired) electrons. The number of carboxylic acid groups (broad SMARTS) is 8. The molecule has 0 fully saturated rings. The Labute approximate surface area is 419 Å². The van der Waals surface area contributed by atoms with Crippen LogP contribution >= 0.6 is 0 Å². The topological polar surface area (TPSA) is 360 Å². The third-order valence-corrected chi connectivity index (χ3v) is 3.24. The molecule has 0 aliphatic rings. The van der Waals surface area contributed by atoms with Gasteiger partial charge in [-0.15, -0.1) is 0 Å². The van der Waals surface area contributed by atoms with E-state index in [2.05, 4.69) is 9.47 Å². The van der Waals surface area contributed by atoms with Crippen molar-refractivity contribution in [2.24, 2.45) is 0 Å². The summed E-state index contributed by atoms with van der Waals surface area (Å²) < 4.78 is 8.32. The van der Waals surface area contributed by atoms with E-state index in [1.807, 2.05) is 0 Å². The van der Waals surface area contributed by atoms with Crippen LogP contribution in [0.4, 0.5) is 0 Å². The van der Waals surface area contributed by atoms with Gasteiger partial charge in [0.15, 0.2) is 0 Å². The van der Waals surface area contributed by atoms with Gasteiger partial charge in [0.25, 0.3) is 0 Å². The summed E-state index contributed by atoms with van der Waals surface area (Å²) in [5, 5.41) is 91.0. The van der Waals surface area contributed by atoms with Gasteiger partial charge in [0.1, 0.15) is 30.5 Å². The molecule has 0 saturated carbocycles. The molecule has 0 saturated heterocycles. The second-order valence-electron chi connectivity index (χ2n) is 5.93. The molecular formula is C16H12Na8O19. The molecule has 0 aliphatic carbocycles. The number of carbonyl (C=O) groups excluding carboxylic acids is 8. The molecule has 43 heavy (non-hydrogen) atoms. The second-order valence-corrected chi connectivity index (χ2v) is 5.93. The summed E-state index contributed by atoms with van der Waals surface area (Å²) in [4.78, 5) is 82.1. The first kappa shape index (κ1) is 72.4. The average molecular weight is 692 g/mol. The van der Waals surface area contributed by atoms with Gasteiger partial charge in [-0.1, -0.05) is 0 Å². The maximum Gasteiger partial charge on any atom is 1.00 e. The van der Waals surface area contributed by atoms with Gasteiger partial charge in [-0.05, 0) is 0 Å². The maximum absolute atomic E-state index is 10.4. The van der Waals surface area contributed by atoms with E-state index < -0.39 is 97.5 Å². The van der Waals surface area contributed by atoms with Crippen molar-refractivity contribution in [3.05, 3.63) is 0 Å². The van der Waals surface area contributed by atoms with Gasteiger partial charge in [-0.2, -0.15) is 0 Å². The van der Waals surface area contributed by atoms with Crippen molar-refractivity contribution < 1.29 is 330 Å². The molecule has 0 spiro atoms. The third-order valence-electron chi connectivity index (χ3n) is 3.24. The molecule has 0 amide bonds. The van der Waals surface area contributed by atoms with Crippen molar-refractivity contribution >= 4 is 47.8 Å². The van der Waals surface area contributed by atoms with Gasteiger partial charge < -0.3 is 93.8 Å². The summed E-state index contributed by atoms with van der Waals surface area (Å²) in [6, 6.07) is 0. The summed E-state index contributed by atoms with van der Waals surface area (Å²) in [5.74, 6) is -16.3. The minimum absolute atomic E-state index is 0. The van der Waals surface area contributed by atoms with E-state index in [-0.39, 0.29) is 236 Å². The fourth-order valence-corrected chi connectivity index (χ4v) is 1.77. The van der Waals surface area contributed by atoms with Crippen molar-refractivity contribution in [3.8, 4) is 0 Å². The Morgan fingerprint density at radius 2 is 0.651 bits per heavy atom. The predicted molar refractivity (Wildman–Crippen MR) is 77.2 cm³/mol. The smallest absolute Gasteiger partial charge is 0.550 e. The zero-order valence-electron chi connectivity index (χ0n) is 24.8. The van der Waals surface area contributed by atoms with E-state index in [1.165, 1.54) is 0 Å². The third kappa shape index (κ3) is 38.3. The van der Waals surface area contributed by atoms with Crippen LogP contribution in [0, 0.1) is 0 Å². The molecule has 5 atom stereocenters. The number of hydrogen-bond acceptors (Lipinski definition) is 19. The molecule has 0 heterocycles. The largest absolute Gasteiger partial charge is 1.00 e. The van der Waals surface area contributed by atoms with Crippen molar-refractivity contribution in [2.75, 3.05) is 0 Å². The van der Waals surface area contributed by atoms with E-state index in [9.17, 15) is 79.2 Å². The Kier molecular flexibility index (Phi) is 67.4. The van der Waals surface area contributed by atoms with Gasteiger partial charge in [0.2, 0.25) is 0 Å². The van der Waals surface area contributed by atoms with E-state index >= 15 is 0 Å². The maximum atomic E-state index is 10.4. The van der Waals surface area contributed by atoms with Crippen LogP contribution in [0.3, 0.4) is 0 Å². The molecule has 0 aliphatic heterocycles. The first-order valence-corrected chi connectivity index (χ1v) is 8.53. The van der Waals surface area contributed by atoms with Crippen molar-refractivity contribution in [1.82, 2.24) is 0 Å². The van der Waals surface area contributed by atoms with Crippen LogP contribution in [0.25, 0.3) is 0 Å². The fourth-order valence-electron chi connectivity index (χ4n) is 1.77. The SMILES string of the molecule is O=C([O-])CC(OC(C(=O)[O-])C(O)C(=O)[O-])C(=O)[O-].O=C([O-])CC(OC(CC(=O)[O-])C(=O)[O-])C(=O)[O-].[Na+].[Na+].[Na+].[Na+].[Na+].[Na+].[Na+].[Na+]. The number of carboxylic acids is 8. The molecule has 0 rings (SSSR count). The molecule has 0 aromatic heterocycles. The summed E-state index contributed by atoms with van der Waals surface area (Å²) in [6.45, 7) is 0. The molecule has 5 unspecified atom stereocenters. The number of ether oxygens (including phenoxy) is 2. The standard InChI is InChI=1S/C8H10O10.C8H10O9.8Na/c9-3(10)1-2(6(12)13)18-5(8(16)17)4(11)7(14)15;9-5(10)1-3(7(13)14)17-4(8(15)16)2-6(11)12;;;;;;;;/h2,4-5,11H,1H2,(H,9,10)(H,12,13)(H,14,15)(H,16,17);3-4H,1-2H2,(H,9,10)(H,11,12)(H,13,14)(H,15,16);;;;;;;;/q;;8*+1/p-8. The number of carbonyl (C=O) groups is 8. The van der Waals surface area contributed by atoms with Gasteiger partial charge in [-0.3, -0.25) is 0 Å². The fraction of sp³-hybridized carbons (Fsp3) is 0.500. The molecule has 27 heteroatoms. The summed E-state index contributed by atoms with van der Waals surface area (Å²) in [5.41, 5.74) is 0. The van der Waals surface area contributed by atoms with E-state index in [1.54, 1.807) is 0 Å². The Hall–Kier alpha value is 3.64. The number of aliphatic carboxylic acids is 8. The van der Waals surface area contributed by atoms with E-state index in [0.717, 1.165) is 0 Å². The second kappa shape index (κ2) is 40.1. The minimum atomic E-state index is -2.74. The van der Waals surface area contributed by atoms with Crippen LogP contribution in [0.2, 0.25) is 0 Å². The van der Waals surface area contributed by atoms with E-state index in [0.29, 0.717) is 0 Å². The number of aliphatic hydroxyl groups excluding tert-OH is 1. The quantitative estimate of drug-likeness (QED) is 0.147. The Balaban J connectivity index is -0.0000000534. The van der Waals surface area contributed by atoms with Crippen LogP contribution in [0.1, 0.15) is 19.3 Å². The minimum Gasteiger partial charge on any atom is -0.550 e. The Bertz CT molecular complexity index is 829. The molecular weight excluding hydrogens is 680 g/mol. The monoisotopic (exact) mass is 692 g/mol. The van der Waals surface area contributed by atoms with Crippen LogP contribution in [0.5, 0.6) is 0 Å². The number of hydrogen-bond donors (Lipinski definition) is 1.